The zero-order valence-electron chi connectivity index (χ0n) is 14.5. The largest absolute Gasteiger partial charge is 0.493 e. The molecule has 25 heavy (non-hydrogen) atoms. The van der Waals surface area contributed by atoms with Gasteiger partial charge in [-0.3, -0.25) is 4.90 Å². The van der Waals surface area contributed by atoms with Gasteiger partial charge < -0.3 is 14.6 Å². The number of likely N-dealkylation sites (tertiary alicyclic amines) is 1. The van der Waals surface area contributed by atoms with Crippen LogP contribution in [0.4, 0.5) is 0 Å². The smallest absolute Gasteiger partial charge is 0.165 e. The molecular weight excluding hydrogens is 316 g/mol. The highest BCUT2D eigenvalue weighted by Crippen LogP contribution is 2.62. The molecule has 1 spiro atoms. The SMILES string of the molecule is COc1ccc2c3c1OC1C(O)C=CC4[C@@H](C2)N(C(C)C#N)CC[C@]314. The molecule has 1 aromatic carbocycles. The Morgan fingerprint density at radius 2 is 2.28 bits per heavy atom. The molecule has 130 valence electrons. The van der Waals surface area contributed by atoms with E-state index in [1.165, 1.54) is 11.1 Å². The van der Waals surface area contributed by atoms with Gasteiger partial charge in [0.1, 0.15) is 12.2 Å². The summed E-state index contributed by atoms with van der Waals surface area (Å²) in [5, 5.41) is 20.1. The lowest BCUT2D eigenvalue weighted by Gasteiger charge is -2.57. The maximum absolute atomic E-state index is 10.7. The van der Waals surface area contributed by atoms with Crippen LogP contribution in [0, 0.1) is 17.2 Å². The molecule has 2 heterocycles. The molecule has 5 heteroatoms. The molecule has 5 nitrogen and oxygen atoms in total. The summed E-state index contributed by atoms with van der Waals surface area (Å²) in [5.41, 5.74) is 2.31. The third-order valence-corrected chi connectivity index (χ3v) is 6.80. The number of aliphatic hydroxyl groups excluding tert-OH is 1. The van der Waals surface area contributed by atoms with Gasteiger partial charge in [0.2, 0.25) is 0 Å². The number of aliphatic hydroxyl groups is 1. The Bertz CT molecular complexity index is 814. The maximum Gasteiger partial charge on any atom is 0.165 e. The monoisotopic (exact) mass is 338 g/mol. The Morgan fingerprint density at radius 1 is 1.44 bits per heavy atom. The molecule has 1 N–H and O–H groups in total. The topological polar surface area (TPSA) is 65.7 Å². The highest BCUT2D eigenvalue weighted by atomic mass is 16.5. The van der Waals surface area contributed by atoms with E-state index < -0.39 is 6.10 Å². The van der Waals surface area contributed by atoms with E-state index in [4.69, 9.17) is 9.47 Å². The van der Waals surface area contributed by atoms with E-state index in [9.17, 15) is 10.4 Å². The summed E-state index contributed by atoms with van der Waals surface area (Å²) in [7, 11) is 1.66. The number of nitrogens with zero attached hydrogens (tertiary/aromatic N) is 2. The summed E-state index contributed by atoms with van der Waals surface area (Å²) >= 11 is 0. The molecule has 5 rings (SSSR count). The van der Waals surface area contributed by atoms with Gasteiger partial charge in [-0.2, -0.15) is 5.26 Å². The van der Waals surface area contributed by atoms with Crippen molar-refractivity contribution >= 4 is 0 Å². The van der Waals surface area contributed by atoms with E-state index >= 15 is 0 Å². The minimum absolute atomic E-state index is 0.109. The van der Waals surface area contributed by atoms with E-state index in [0.717, 1.165) is 30.9 Å². The molecule has 0 saturated carbocycles. The second kappa shape index (κ2) is 5.00. The molecule has 1 aromatic rings. The second-order valence-electron chi connectivity index (χ2n) is 7.68. The predicted molar refractivity (Wildman–Crippen MR) is 91.6 cm³/mol. The third-order valence-electron chi connectivity index (χ3n) is 6.80. The molecule has 1 fully saturated rings. The van der Waals surface area contributed by atoms with Crippen LogP contribution in [0.3, 0.4) is 0 Å². The molecule has 2 aliphatic carbocycles. The minimum Gasteiger partial charge on any atom is -0.493 e. The number of piperidine rings is 1. The lowest BCUT2D eigenvalue weighted by molar-refractivity contribution is -0.0559. The Kier molecular flexibility index (Phi) is 3.05. The molecule has 6 atom stereocenters. The predicted octanol–water partition coefficient (Wildman–Crippen LogP) is 1.78. The van der Waals surface area contributed by atoms with Gasteiger partial charge in [0.15, 0.2) is 11.5 Å². The van der Waals surface area contributed by atoms with Crippen LogP contribution in [0.5, 0.6) is 11.5 Å². The van der Waals surface area contributed by atoms with Crippen LogP contribution < -0.4 is 9.47 Å². The van der Waals surface area contributed by atoms with Crippen LogP contribution in [0.25, 0.3) is 0 Å². The molecule has 0 radical (unpaired) electrons. The van der Waals surface area contributed by atoms with Crippen molar-refractivity contribution in [3.8, 4) is 17.6 Å². The van der Waals surface area contributed by atoms with Gasteiger partial charge in [-0.25, -0.2) is 0 Å². The van der Waals surface area contributed by atoms with Gasteiger partial charge in [-0.1, -0.05) is 18.2 Å². The molecule has 4 unspecified atom stereocenters. The van der Waals surface area contributed by atoms with Crippen LogP contribution in [0.1, 0.15) is 24.5 Å². The van der Waals surface area contributed by atoms with Crippen molar-refractivity contribution in [1.29, 1.82) is 5.26 Å². The van der Waals surface area contributed by atoms with Crippen molar-refractivity contribution in [2.24, 2.45) is 5.92 Å². The summed E-state index contributed by atoms with van der Waals surface area (Å²) in [4.78, 5) is 2.33. The fraction of sp³-hybridized carbons (Fsp3) is 0.550. The van der Waals surface area contributed by atoms with Gasteiger partial charge >= 0.3 is 0 Å². The molecule has 4 aliphatic rings. The Labute approximate surface area is 147 Å². The number of hydrogen-bond acceptors (Lipinski definition) is 5. The van der Waals surface area contributed by atoms with Gasteiger partial charge in [-0.15, -0.1) is 0 Å². The molecule has 2 bridgehead atoms. The molecule has 1 saturated heterocycles. The van der Waals surface area contributed by atoms with Crippen molar-refractivity contribution < 1.29 is 14.6 Å². The van der Waals surface area contributed by atoms with Crippen molar-refractivity contribution in [2.45, 2.75) is 49.5 Å². The fourth-order valence-corrected chi connectivity index (χ4v) is 5.79. The number of nitriles is 1. The van der Waals surface area contributed by atoms with Crippen LogP contribution in [-0.2, 0) is 11.8 Å². The van der Waals surface area contributed by atoms with Crippen LogP contribution >= 0.6 is 0 Å². The highest BCUT2D eigenvalue weighted by Gasteiger charge is 2.64. The summed E-state index contributed by atoms with van der Waals surface area (Å²) < 4.78 is 11.9. The maximum atomic E-state index is 10.7. The van der Waals surface area contributed by atoms with E-state index in [1.54, 1.807) is 7.11 Å². The standard InChI is InChI=1S/C20H22N2O3/c1-11(10-21)22-8-7-20-13-4-5-15(23)19(20)25-18-16(24-2)6-3-12(17(18)20)9-14(13)22/h3-6,11,13-15,19,23H,7-9H2,1-2H3/t11?,13?,14-,15?,19?,20+/m1/s1. The first-order valence-corrected chi connectivity index (χ1v) is 9.00. The average Bonchev–Trinajstić information content (AvgIpc) is 2.97. The zero-order chi connectivity index (χ0) is 17.3. The number of rotatable bonds is 2. The minimum atomic E-state index is -0.611. The first-order valence-electron chi connectivity index (χ1n) is 9.00. The highest BCUT2D eigenvalue weighted by molar-refractivity contribution is 5.62. The van der Waals surface area contributed by atoms with Gasteiger partial charge in [0, 0.05) is 29.5 Å². The van der Waals surface area contributed by atoms with Crippen molar-refractivity contribution in [2.75, 3.05) is 13.7 Å². The van der Waals surface area contributed by atoms with E-state index in [2.05, 4.69) is 23.1 Å². The zero-order valence-corrected chi connectivity index (χ0v) is 14.5. The average molecular weight is 338 g/mol. The number of hydrogen-bond donors (Lipinski definition) is 1. The molecule has 0 aromatic heterocycles. The summed E-state index contributed by atoms with van der Waals surface area (Å²) in [6.07, 6.45) is 4.96. The molecule has 2 aliphatic heterocycles. The van der Waals surface area contributed by atoms with Gasteiger partial charge in [-0.05, 0) is 31.4 Å². The normalized spacial score (nSPS) is 38.5. The van der Waals surface area contributed by atoms with E-state index in [1.807, 2.05) is 19.1 Å². The quantitative estimate of drug-likeness (QED) is 0.833. The second-order valence-corrected chi connectivity index (χ2v) is 7.68. The van der Waals surface area contributed by atoms with Crippen molar-refractivity contribution in [3.63, 3.8) is 0 Å². The third kappa shape index (κ3) is 1.69. The Balaban J connectivity index is 1.74. The summed E-state index contributed by atoms with van der Waals surface area (Å²) in [5.74, 6) is 1.82. The number of benzene rings is 1. The molecule has 0 amide bonds. The summed E-state index contributed by atoms with van der Waals surface area (Å²) in [6, 6.07) is 6.67. The van der Waals surface area contributed by atoms with Crippen molar-refractivity contribution in [3.05, 3.63) is 35.4 Å². The van der Waals surface area contributed by atoms with Gasteiger partial charge in [0.05, 0.1) is 19.2 Å². The number of ether oxygens (including phenoxy) is 2. The first-order chi connectivity index (χ1) is 12.1. The number of methoxy groups -OCH3 is 1. The Morgan fingerprint density at radius 3 is 3.04 bits per heavy atom. The van der Waals surface area contributed by atoms with Gasteiger partial charge in [0.25, 0.3) is 0 Å². The van der Waals surface area contributed by atoms with Crippen LogP contribution in [-0.4, -0.2) is 48.0 Å². The van der Waals surface area contributed by atoms with E-state index in [-0.39, 0.29) is 29.5 Å². The Hall–Kier alpha value is -2.03. The fourth-order valence-electron chi connectivity index (χ4n) is 5.79. The lowest BCUT2D eigenvalue weighted by Crippen LogP contribution is -2.66. The van der Waals surface area contributed by atoms with Crippen molar-refractivity contribution in [1.82, 2.24) is 4.90 Å². The van der Waals surface area contributed by atoms with E-state index in [0.29, 0.717) is 0 Å². The lowest BCUT2D eigenvalue weighted by atomic mass is 9.53. The first kappa shape index (κ1) is 15.2. The summed E-state index contributed by atoms with van der Waals surface area (Å²) in [6.45, 7) is 2.84. The molecular formula is C20H22N2O3. The van der Waals surface area contributed by atoms with Crippen LogP contribution in [0.2, 0.25) is 0 Å². The van der Waals surface area contributed by atoms with Crippen LogP contribution in [0.15, 0.2) is 24.3 Å².